The molecule has 0 spiro atoms. The molecule has 5 nitrogen and oxygen atoms in total. The summed E-state index contributed by atoms with van der Waals surface area (Å²) in [6.45, 7) is 0. The van der Waals surface area contributed by atoms with Gasteiger partial charge in [0.05, 0.1) is 0 Å². The van der Waals surface area contributed by atoms with E-state index in [4.69, 9.17) is 9.97 Å². The van der Waals surface area contributed by atoms with Gasteiger partial charge in [-0.3, -0.25) is 4.98 Å². The summed E-state index contributed by atoms with van der Waals surface area (Å²) in [6.07, 6.45) is 12.2. The first-order valence-corrected chi connectivity index (χ1v) is 10.3. The van der Waals surface area contributed by atoms with Crippen molar-refractivity contribution in [3.8, 4) is 11.4 Å². The third-order valence-corrected chi connectivity index (χ3v) is 6.92. The van der Waals surface area contributed by atoms with Crippen LogP contribution in [0, 0.1) is 0 Å². The number of thiophene rings is 1. The first kappa shape index (κ1) is 16.0. The lowest BCUT2D eigenvalue weighted by Gasteiger charge is -2.12. The normalized spacial score (nSPS) is 13.9. The van der Waals surface area contributed by atoms with Crippen LogP contribution in [0.1, 0.15) is 23.3 Å². The molecule has 4 heterocycles. The predicted molar refractivity (Wildman–Crippen MR) is 105 cm³/mol. The van der Waals surface area contributed by atoms with E-state index in [0.717, 1.165) is 39.2 Å². The smallest absolute Gasteiger partial charge is 0.174 e. The van der Waals surface area contributed by atoms with E-state index < -0.39 is 0 Å². The Balaban J connectivity index is 1.73. The van der Waals surface area contributed by atoms with Gasteiger partial charge in [0.25, 0.3) is 0 Å². The van der Waals surface area contributed by atoms with Gasteiger partial charge in [-0.05, 0) is 55.1 Å². The van der Waals surface area contributed by atoms with Gasteiger partial charge < -0.3 is 4.57 Å². The van der Waals surface area contributed by atoms with Gasteiger partial charge in [-0.25, -0.2) is 15.0 Å². The van der Waals surface area contributed by atoms with Gasteiger partial charge in [0, 0.05) is 47.7 Å². The number of rotatable bonds is 3. The fourth-order valence-corrected chi connectivity index (χ4v) is 5.63. The molecule has 0 N–H and O–H groups in total. The van der Waals surface area contributed by atoms with Gasteiger partial charge in [-0.2, -0.15) is 0 Å². The van der Waals surface area contributed by atoms with E-state index in [-0.39, 0.29) is 0 Å². The van der Waals surface area contributed by atoms with Crippen molar-refractivity contribution < 1.29 is 0 Å². The fourth-order valence-electron chi connectivity index (χ4n) is 3.36. The maximum absolute atomic E-state index is 4.93. The van der Waals surface area contributed by atoms with Gasteiger partial charge >= 0.3 is 0 Å². The van der Waals surface area contributed by atoms with E-state index in [1.165, 1.54) is 28.7 Å². The average molecular weight is 380 g/mol. The molecule has 5 rings (SSSR count). The second-order valence-electron chi connectivity index (χ2n) is 6.41. The second kappa shape index (κ2) is 6.48. The number of pyridine rings is 1. The van der Waals surface area contributed by atoms with Crippen LogP contribution < -0.4 is 0 Å². The minimum atomic E-state index is 0.737. The van der Waals surface area contributed by atoms with Gasteiger partial charge in [0.1, 0.15) is 9.86 Å². The Morgan fingerprint density at radius 3 is 2.88 bits per heavy atom. The SMILES string of the molecule is Cn1ccnc1Sc1nc(-c2cccnc2)nc2sc3c(c12)CCCC3. The highest BCUT2D eigenvalue weighted by Crippen LogP contribution is 2.41. The Labute approximate surface area is 159 Å². The average Bonchev–Trinajstić information content (AvgIpc) is 3.25. The lowest BCUT2D eigenvalue weighted by molar-refractivity contribution is 0.699. The third kappa shape index (κ3) is 2.71. The molecule has 0 aromatic carbocycles. The number of fused-ring (bicyclic) bond motifs is 3. The number of nitrogens with zero attached hydrogens (tertiary/aromatic N) is 5. The summed E-state index contributed by atoms with van der Waals surface area (Å²) in [5, 5.41) is 3.17. The summed E-state index contributed by atoms with van der Waals surface area (Å²) in [6, 6.07) is 3.94. The Bertz CT molecular complexity index is 1080. The zero-order valence-electron chi connectivity index (χ0n) is 14.3. The molecular formula is C19H17N5S2. The zero-order valence-corrected chi connectivity index (χ0v) is 16.0. The topological polar surface area (TPSA) is 56.5 Å². The van der Waals surface area contributed by atoms with Crippen molar-refractivity contribution in [2.24, 2.45) is 7.05 Å². The van der Waals surface area contributed by atoms with E-state index in [1.54, 1.807) is 18.0 Å². The molecule has 0 unspecified atom stereocenters. The molecule has 130 valence electrons. The van der Waals surface area contributed by atoms with Crippen LogP contribution in [-0.4, -0.2) is 24.5 Å². The van der Waals surface area contributed by atoms with E-state index in [0.29, 0.717) is 0 Å². The Hall–Kier alpha value is -2.25. The van der Waals surface area contributed by atoms with Crippen molar-refractivity contribution in [1.82, 2.24) is 24.5 Å². The molecule has 1 aliphatic rings. The van der Waals surface area contributed by atoms with Crippen LogP contribution in [0.5, 0.6) is 0 Å². The van der Waals surface area contributed by atoms with E-state index in [2.05, 4.69) is 9.97 Å². The molecule has 0 amide bonds. The molecule has 0 saturated heterocycles. The molecule has 4 aromatic rings. The van der Waals surface area contributed by atoms with Crippen LogP contribution in [0.15, 0.2) is 47.1 Å². The quantitative estimate of drug-likeness (QED) is 0.490. The number of imidazole rings is 1. The van der Waals surface area contributed by atoms with E-state index >= 15 is 0 Å². The maximum Gasteiger partial charge on any atom is 0.174 e. The van der Waals surface area contributed by atoms with Crippen molar-refractivity contribution >= 4 is 33.3 Å². The van der Waals surface area contributed by atoms with Crippen molar-refractivity contribution in [1.29, 1.82) is 0 Å². The Morgan fingerprint density at radius 2 is 2.08 bits per heavy atom. The summed E-state index contributed by atoms with van der Waals surface area (Å²) >= 11 is 3.45. The summed E-state index contributed by atoms with van der Waals surface area (Å²) in [5.41, 5.74) is 2.40. The van der Waals surface area contributed by atoms with Gasteiger partial charge in [0.2, 0.25) is 0 Å². The summed E-state index contributed by atoms with van der Waals surface area (Å²) in [7, 11) is 2.01. The molecule has 26 heavy (non-hydrogen) atoms. The molecule has 1 aliphatic carbocycles. The van der Waals surface area contributed by atoms with Crippen molar-refractivity contribution in [3.05, 3.63) is 47.4 Å². The van der Waals surface area contributed by atoms with Gasteiger partial charge in [-0.15, -0.1) is 11.3 Å². The molecule has 0 aliphatic heterocycles. The maximum atomic E-state index is 4.93. The Kier molecular flexibility index (Phi) is 3.98. The number of hydrogen-bond acceptors (Lipinski definition) is 6. The Morgan fingerprint density at radius 1 is 1.15 bits per heavy atom. The monoisotopic (exact) mass is 379 g/mol. The largest absolute Gasteiger partial charge is 0.329 e. The summed E-state index contributed by atoms with van der Waals surface area (Å²) in [4.78, 5) is 21.1. The van der Waals surface area contributed by atoms with Crippen molar-refractivity contribution in [2.75, 3.05) is 0 Å². The number of aromatic nitrogens is 5. The molecule has 0 saturated carbocycles. The molecule has 0 bridgehead atoms. The second-order valence-corrected chi connectivity index (χ2v) is 8.45. The standard InChI is InChI=1S/C19H17N5S2/c1-24-10-9-21-19(24)26-18-15-13-6-2-3-7-14(13)25-17(15)22-16(23-18)12-5-4-8-20-11-12/h4-5,8-11H,2-3,6-7H2,1H3. The molecular weight excluding hydrogens is 362 g/mol. The first-order valence-electron chi connectivity index (χ1n) is 8.67. The highest BCUT2D eigenvalue weighted by Gasteiger charge is 2.22. The van der Waals surface area contributed by atoms with Crippen LogP contribution in [0.25, 0.3) is 21.6 Å². The third-order valence-electron chi connectivity index (χ3n) is 4.67. The van der Waals surface area contributed by atoms with Crippen molar-refractivity contribution in [2.45, 2.75) is 35.9 Å². The number of aryl methyl sites for hydroxylation is 3. The fraction of sp³-hybridized carbons (Fsp3) is 0.263. The van der Waals surface area contributed by atoms with Crippen LogP contribution in [0.4, 0.5) is 0 Å². The van der Waals surface area contributed by atoms with Gasteiger partial charge in [-0.1, -0.05) is 0 Å². The van der Waals surface area contributed by atoms with Crippen LogP contribution in [0.3, 0.4) is 0 Å². The van der Waals surface area contributed by atoms with Crippen LogP contribution >= 0.6 is 23.1 Å². The minimum Gasteiger partial charge on any atom is -0.329 e. The summed E-state index contributed by atoms with van der Waals surface area (Å²) < 4.78 is 2.03. The molecule has 4 aromatic heterocycles. The van der Waals surface area contributed by atoms with Crippen LogP contribution in [-0.2, 0) is 19.9 Å². The minimum absolute atomic E-state index is 0.737. The highest BCUT2D eigenvalue weighted by molar-refractivity contribution is 7.99. The molecule has 7 heteroatoms. The zero-order chi connectivity index (χ0) is 17.5. The molecule has 0 atom stereocenters. The highest BCUT2D eigenvalue weighted by atomic mass is 32.2. The first-order chi connectivity index (χ1) is 12.8. The molecule has 0 radical (unpaired) electrons. The number of hydrogen-bond donors (Lipinski definition) is 0. The predicted octanol–water partition coefficient (Wildman–Crippen LogP) is 4.52. The van der Waals surface area contributed by atoms with Crippen LogP contribution in [0.2, 0.25) is 0 Å². The van der Waals surface area contributed by atoms with E-state index in [1.807, 2.05) is 53.7 Å². The van der Waals surface area contributed by atoms with Gasteiger partial charge in [0.15, 0.2) is 11.0 Å². The molecule has 0 fully saturated rings. The van der Waals surface area contributed by atoms with Crippen molar-refractivity contribution in [3.63, 3.8) is 0 Å². The lowest BCUT2D eigenvalue weighted by atomic mass is 9.97. The van der Waals surface area contributed by atoms with E-state index in [9.17, 15) is 0 Å². The lowest BCUT2D eigenvalue weighted by Crippen LogP contribution is -2.00. The summed E-state index contributed by atoms with van der Waals surface area (Å²) in [5.74, 6) is 0.737.